The highest BCUT2D eigenvalue weighted by molar-refractivity contribution is 6.18. The van der Waals surface area contributed by atoms with Crippen molar-refractivity contribution in [2.45, 2.75) is 37.1 Å². The smallest absolute Gasteiger partial charge is 0.277 e. The summed E-state index contributed by atoms with van der Waals surface area (Å²) in [5, 5.41) is 21.8. The Morgan fingerprint density at radius 2 is 2.35 bits per heavy atom. The minimum Gasteiger partial charge on any atom is -0.394 e. The quantitative estimate of drug-likeness (QED) is 0.499. The summed E-state index contributed by atoms with van der Waals surface area (Å²) in [6.07, 6.45) is 0.729. The van der Waals surface area contributed by atoms with Gasteiger partial charge >= 0.3 is 0 Å². The largest absolute Gasteiger partial charge is 0.394 e. The third-order valence-electron chi connectivity index (χ3n) is 4.23. The molecule has 5 atom stereocenters. The van der Waals surface area contributed by atoms with Gasteiger partial charge in [-0.15, -0.1) is 0 Å². The molecule has 0 spiro atoms. The lowest BCUT2D eigenvalue weighted by molar-refractivity contribution is -0.0451. The van der Waals surface area contributed by atoms with Crippen LogP contribution in [0.3, 0.4) is 0 Å². The van der Waals surface area contributed by atoms with Crippen molar-refractivity contribution in [2.24, 2.45) is 15.7 Å². The molecule has 0 bridgehead atoms. The normalized spacial score (nSPS) is 35.5. The molecule has 3 aliphatic rings. The molecule has 1 fully saturated rings. The molecule has 0 aliphatic carbocycles. The van der Waals surface area contributed by atoms with Gasteiger partial charge < -0.3 is 24.8 Å². The molecule has 0 radical (unpaired) electrons. The number of hydrogen-bond donors (Lipinski definition) is 4. The number of hydrogen-bond acceptors (Lipinski definition) is 8. The standard InChI is InChI=1S/C13H16N6O4/c14-13-15-2-5-10-9(12(22)17-11(5)18-13)16-4-19(10)8-1-6(21)7(3-20)23-8/h2,4-8,13,20-21H,1,3,14H2,(H,17,18,22)/t5?,6-,7?,8-,13?/m1/s1. The Labute approximate surface area is 130 Å². The fourth-order valence-corrected chi connectivity index (χ4v) is 3.12. The molecule has 0 aromatic carbocycles. The third kappa shape index (κ3) is 2.18. The molecule has 3 aliphatic heterocycles. The number of aliphatic hydroxyl groups excluding tert-OH is 2. The van der Waals surface area contributed by atoms with Crippen molar-refractivity contribution in [3.63, 3.8) is 0 Å². The van der Waals surface area contributed by atoms with E-state index in [0.717, 1.165) is 0 Å². The summed E-state index contributed by atoms with van der Waals surface area (Å²) >= 11 is 0. The highest BCUT2D eigenvalue weighted by Gasteiger charge is 2.41. The van der Waals surface area contributed by atoms with E-state index in [-0.39, 0.29) is 24.1 Å². The Morgan fingerprint density at radius 1 is 1.52 bits per heavy atom. The number of carbonyl (C=O) groups is 1. The van der Waals surface area contributed by atoms with E-state index in [0.29, 0.717) is 18.0 Å². The molecular weight excluding hydrogens is 304 g/mol. The van der Waals surface area contributed by atoms with Crippen LogP contribution in [0.2, 0.25) is 0 Å². The van der Waals surface area contributed by atoms with Gasteiger partial charge in [0, 0.05) is 12.6 Å². The number of fused-ring (bicyclic) bond motifs is 3. The van der Waals surface area contributed by atoms with Gasteiger partial charge in [-0.2, -0.15) is 0 Å². The number of aromatic nitrogens is 2. The van der Waals surface area contributed by atoms with Crippen LogP contribution in [-0.2, 0) is 4.74 Å². The number of imidazole rings is 1. The van der Waals surface area contributed by atoms with Gasteiger partial charge in [-0.3, -0.25) is 15.5 Å². The maximum Gasteiger partial charge on any atom is 0.277 e. The van der Waals surface area contributed by atoms with E-state index < -0.39 is 24.7 Å². The first-order chi connectivity index (χ1) is 11.1. The molecule has 10 nitrogen and oxygen atoms in total. The number of nitrogens with one attached hydrogen (secondary N) is 1. The predicted octanol–water partition coefficient (Wildman–Crippen LogP) is -1.92. The summed E-state index contributed by atoms with van der Waals surface area (Å²) in [5.41, 5.74) is 6.51. The van der Waals surface area contributed by atoms with Crippen molar-refractivity contribution in [3.8, 4) is 0 Å². The van der Waals surface area contributed by atoms with Gasteiger partial charge in [0.05, 0.1) is 30.7 Å². The highest BCUT2D eigenvalue weighted by atomic mass is 16.5. The number of nitrogens with zero attached hydrogens (tertiary/aromatic N) is 4. The van der Waals surface area contributed by atoms with E-state index in [2.05, 4.69) is 20.3 Å². The van der Waals surface area contributed by atoms with Gasteiger partial charge in [0.2, 0.25) is 0 Å². The van der Waals surface area contributed by atoms with E-state index in [9.17, 15) is 15.0 Å². The van der Waals surface area contributed by atoms with E-state index in [1.165, 1.54) is 6.33 Å². The third-order valence-corrected chi connectivity index (χ3v) is 4.23. The average Bonchev–Trinajstić information content (AvgIpc) is 3.11. The second-order valence-electron chi connectivity index (χ2n) is 5.66. The summed E-state index contributed by atoms with van der Waals surface area (Å²) in [4.78, 5) is 24.5. The van der Waals surface area contributed by atoms with Crippen molar-refractivity contribution >= 4 is 18.0 Å². The molecule has 1 aromatic rings. The van der Waals surface area contributed by atoms with E-state index >= 15 is 0 Å². The maximum absolute atomic E-state index is 12.2. The highest BCUT2D eigenvalue weighted by Crippen LogP contribution is 2.34. The lowest BCUT2D eigenvalue weighted by atomic mass is 9.97. The Bertz CT molecular complexity index is 713. The van der Waals surface area contributed by atoms with Crippen LogP contribution in [0, 0.1) is 0 Å². The van der Waals surface area contributed by atoms with Gasteiger partial charge in [0.1, 0.15) is 18.2 Å². The molecule has 1 amide bonds. The zero-order valence-electron chi connectivity index (χ0n) is 12.0. The first-order valence-electron chi connectivity index (χ1n) is 7.27. The number of amidine groups is 1. The topological polar surface area (TPSA) is 147 Å². The zero-order chi connectivity index (χ0) is 16.1. The number of aliphatic hydroxyl groups is 2. The molecule has 1 aromatic heterocycles. The Kier molecular flexibility index (Phi) is 3.27. The molecule has 10 heteroatoms. The second kappa shape index (κ2) is 5.20. The number of ether oxygens (including phenoxy) is 1. The molecule has 1 saturated heterocycles. The lowest BCUT2D eigenvalue weighted by Gasteiger charge is -2.28. The minimum atomic E-state index is -0.776. The van der Waals surface area contributed by atoms with E-state index in [4.69, 9.17) is 10.5 Å². The van der Waals surface area contributed by atoms with Crippen molar-refractivity contribution < 1.29 is 19.7 Å². The van der Waals surface area contributed by atoms with Crippen LogP contribution in [0.5, 0.6) is 0 Å². The molecule has 23 heavy (non-hydrogen) atoms. The number of aliphatic imine (C=N–C) groups is 2. The van der Waals surface area contributed by atoms with Crippen LogP contribution in [0.1, 0.15) is 34.7 Å². The van der Waals surface area contributed by atoms with Gasteiger partial charge in [-0.25, -0.2) is 9.98 Å². The first kappa shape index (κ1) is 14.5. The Morgan fingerprint density at radius 3 is 3.09 bits per heavy atom. The van der Waals surface area contributed by atoms with Crippen molar-refractivity contribution in [3.05, 3.63) is 17.7 Å². The Balaban J connectivity index is 1.74. The van der Waals surface area contributed by atoms with Gasteiger partial charge in [0.15, 0.2) is 12.0 Å². The molecule has 3 unspecified atom stereocenters. The fraction of sp³-hybridized carbons (Fsp3) is 0.538. The van der Waals surface area contributed by atoms with Crippen molar-refractivity contribution in [1.82, 2.24) is 14.9 Å². The van der Waals surface area contributed by atoms with E-state index in [1.807, 2.05) is 0 Å². The molecule has 122 valence electrons. The second-order valence-corrected chi connectivity index (χ2v) is 5.66. The summed E-state index contributed by atoms with van der Waals surface area (Å²) in [5.74, 6) is -0.323. The van der Waals surface area contributed by atoms with Crippen LogP contribution >= 0.6 is 0 Å². The number of amides is 1. The van der Waals surface area contributed by atoms with Crippen molar-refractivity contribution in [1.29, 1.82) is 0 Å². The van der Waals surface area contributed by atoms with Crippen LogP contribution in [0.25, 0.3) is 0 Å². The SMILES string of the molecule is NC1N=CC2C(=N1)NC(=O)c1ncn([C@H]3C[C@@H](O)C(CO)O3)c12. The van der Waals surface area contributed by atoms with Crippen LogP contribution in [0.4, 0.5) is 0 Å². The molecule has 4 rings (SSSR count). The summed E-state index contributed by atoms with van der Waals surface area (Å²) in [7, 11) is 0. The average molecular weight is 320 g/mol. The van der Waals surface area contributed by atoms with Gasteiger partial charge in [-0.05, 0) is 0 Å². The van der Waals surface area contributed by atoms with Crippen LogP contribution in [-0.4, -0.2) is 62.8 Å². The Hall–Kier alpha value is -2.14. The van der Waals surface area contributed by atoms with Crippen molar-refractivity contribution in [2.75, 3.05) is 6.61 Å². The minimum absolute atomic E-state index is 0.265. The van der Waals surface area contributed by atoms with Gasteiger partial charge in [0.25, 0.3) is 5.91 Å². The molecular formula is C13H16N6O4. The van der Waals surface area contributed by atoms with Crippen LogP contribution in [0.15, 0.2) is 16.3 Å². The first-order valence-corrected chi connectivity index (χ1v) is 7.27. The molecule has 5 N–H and O–H groups in total. The maximum atomic E-state index is 12.2. The lowest BCUT2D eigenvalue weighted by Crippen LogP contribution is -2.45. The zero-order valence-corrected chi connectivity index (χ0v) is 12.0. The number of rotatable bonds is 2. The number of nitrogens with two attached hydrogens (primary N) is 1. The van der Waals surface area contributed by atoms with Crippen LogP contribution < -0.4 is 11.1 Å². The fourth-order valence-electron chi connectivity index (χ4n) is 3.12. The summed E-state index contributed by atoms with van der Waals surface area (Å²) < 4.78 is 7.34. The molecule has 0 saturated carbocycles. The summed E-state index contributed by atoms with van der Waals surface area (Å²) in [6, 6.07) is 0. The summed E-state index contributed by atoms with van der Waals surface area (Å²) in [6.45, 7) is -0.276. The number of carbonyl (C=O) groups excluding carboxylic acids is 1. The van der Waals surface area contributed by atoms with Gasteiger partial charge in [-0.1, -0.05) is 0 Å². The molecule has 4 heterocycles. The predicted molar refractivity (Wildman–Crippen MR) is 78.0 cm³/mol. The monoisotopic (exact) mass is 320 g/mol. The van der Waals surface area contributed by atoms with E-state index in [1.54, 1.807) is 10.8 Å².